The van der Waals surface area contributed by atoms with Gasteiger partial charge in [-0.05, 0) is 30.5 Å². The molecule has 0 saturated heterocycles. The molecule has 0 atom stereocenters. The molecule has 0 N–H and O–H groups in total. The van der Waals surface area contributed by atoms with E-state index in [1.165, 1.54) is 5.56 Å². The summed E-state index contributed by atoms with van der Waals surface area (Å²) in [5.74, 6) is 0.0824. The lowest BCUT2D eigenvalue weighted by Crippen LogP contribution is -2.23. The molecule has 134 valence electrons. The molecule has 0 amide bonds. The van der Waals surface area contributed by atoms with Gasteiger partial charge in [-0.1, -0.05) is 49.7 Å². The number of carboxylic acid groups (broad SMARTS) is 1. The van der Waals surface area contributed by atoms with Gasteiger partial charge in [0.05, 0.1) is 5.36 Å². The van der Waals surface area contributed by atoms with Crippen LogP contribution in [0, 0.1) is 6.92 Å². The number of hydrogen-bond donors (Lipinski definition) is 0. The van der Waals surface area contributed by atoms with Crippen LogP contribution in [0.1, 0.15) is 37.3 Å². The maximum absolute atomic E-state index is 10.7. The molecule has 3 aromatic rings. The second kappa shape index (κ2) is 7.56. The molecule has 26 heavy (non-hydrogen) atoms. The monoisotopic (exact) mass is 348 g/mol. The molecule has 0 spiro atoms. The van der Waals surface area contributed by atoms with E-state index in [1.54, 1.807) is 0 Å². The van der Waals surface area contributed by atoms with E-state index in [9.17, 15) is 9.90 Å². The zero-order valence-electron chi connectivity index (χ0n) is 15.3. The number of carbonyl (C=O) groups excluding carboxylic acids is 1. The minimum Gasteiger partial charge on any atom is -0.550 e. The fourth-order valence-corrected chi connectivity index (χ4v) is 2.86. The third kappa shape index (κ3) is 4.02. The van der Waals surface area contributed by atoms with Crippen molar-refractivity contribution in [3.05, 3.63) is 65.0 Å². The highest BCUT2D eigenvalue weighted by Gasteiger charge is 2.07. The summed E-state index contributed by atoms with van der Waals surface area (Å²) in [6, 6.07) is 16.1. The van der Waals surface area contributed by atoms with Crippen LogP contribution in [0.15, 0.2) is 57.9 Å². The topological polar surface area (TPSA) is 65.6 Å². The molecular weight excluding hydrogens is 326 g/mol. The van der Waals surface area contributed by atoms with Crippen LogP contribution in [0.3, 0.4) is 0 Å². The van der Waals surface area contributed by atoms with E-state index in [0.29, 0.717) is 11.7 Å². The van der Waals surface area contributed by atoms with Crippen molar-refractivity contribution in [2.24, 2.45) is 4.99 Å². The van der Waals surface area contributed by atoms with Gasteiger partial charge in [0.2, 0.25) is 0 Å². The van der Waals surface area contributed by atoms with Crippen molar-refractivity contribution >= 4 is 16.9 Å². The summed E-state index contributed by atoms with van der Waals surface area (Å²) in [5, 5.41) is 12.3. The number of nitrogens with zero attached hydrogens (tertiary/aromatic N) is 1. The Morgan fingerprint density at radius 1 is 1.12 bits per heavy atom. The third-order valence-electron chi connectivity index (χ3n) is 4.36. The Labute approximate surface area is 152 Å². The van der Waals surface area contributed by atoms with Crippen molar-refractivity contribution in [3.63, 3.8) is 0 Å². The van der Waals surface area contributed by atoms with Gasteiger partial charge >= 0.3 is 0 Å². The molecule has 0 aliphatic rings. The lowest BCUT2D eigenvalue weighted by atomic mass is 10.0. The van der Waals surface area contributed by atoms with Crippen molar-refractivity contribution in [2.45, 2.75) is 33.1 Å². The Bertz CT molecular complexity index is 998. The van der Waals surface area contributed by atoms with Gasteiger partial charge < -0.3 is 14.3 Å². The Morgan fingerprint density at radius 3 is 2.50 bits per heavy atom. The van der Waals surface area contributed by atoms with Gasteiger partial charge in [-0.25, -0.2) is 0 Å². The molecule has 4 nitrogen and oxygen atoms in total. The van der Waals surface area contributed by atoms with Gasteiger partial charge in [0.25, 0.3) is 0 Å². The first-order chi connectivity index (χ1) is 12.4. The van der Waals surface area contributed by atoms with Crippen molar-refractivity contribution in [2.75, 3.05) is 6.54 Å². The van der Waals surface area contributed by atoms with Gasteiger partial charge in [0, 0.05) is 36.0 Å². The molecule has 4 heteroatoms. The average Bonchev–Trinajstić information content (AvgIpc) is 2.61. The Morgan fingerprint density at radius 2 is 1.85 bits per heavy atom. The first kappa shape index (κ1) is 17.9. The van der Waals surface area contributed by atoms with Gasteiger partial charge in [-0.2, -0.15) is 0 Å². The smallest absolute Gasteiger partial charge is 0.136 e. The van der Waals surface area contributed by atoms with Crippen molar-refractivity contribution in [1.82, 2.24) is 0 Å². The lowest BCUT2D eigenvalue weighted by molar-refractivity contribution is -0.305. The fourth-order valence-electron chi connectivity index (χ4n) is 2.86. The summed E-state index contributed by atoms with van der Waals surface area (Å²) in [5.41, 5.74) is 4.06. The van der Waals surface area contributed by atoms with E-state index in [4.69, 9.17) is 4.42 Å². The molecule has 3 rings (SSSR count). The van der Waals surface area contributed by atoms with Gasteiger partial charge in [0.1, 0.15) is 11.3 Å². The third-order valence-corrected chi connectivity index (χ3v) is 4.36. The number of aliphatic carboxylic acids is 1. The number of hydrogen-bond acceptors (Lipinski definition) is 4. The standard InChI is InChI=1S/C22H23NO3/c1-14(2)16-5-7-17(8-6-16)21-13-19(23-11-10-22(24)25)18-12-15(3)4-9-20(18)26-21/h4-9,12-14H,10-11H2,1-3H3,(H,24,25)/p-1. The predicted molar refractivity (Wildman–Crippen MR) is 101 cm³/mol. The summed E-state index contributed by atoms with van der Waals surface area (Å²) >= 11 is 0. The van der Waals surface area contributed by atoms with Gasteiger partial charge in [0.15, 0.2) is 0 Å². The van der Waals surface area contributed by atoms with Gasteiger partial charge in [-0.3, -0.25) is 4.99 Å². The number of carbonyl (C=O) groups is 1. The largest absolute Gasteiger partial charge is 0.550 e. The zero-order chi connectivity index (χ0) is 18.7. The maximum Gasteiger partial charge on any atom is 0.136 e. The normalized spacial score (nSPS) is 12.1. The van der Waals surface area contributed by atoms with Crippen LogP contribution >= 0.6 is 0 Å². The van der Waals surface area contributed by atoms with E-state index in [0.717, 1.165) is 27.5 Å². The van der Waals surface area contributed by atoms with Crippen LogP contribution in [0.4, 0.5) is 0 Å². The summed E-state index contributed by atoms with van der Waals surface area (Å²) in [4.78, 5) is 15.2. The molecule has 0 bridgehead atoms. The Balaban J connectivity index is 2.11. The van der Waals surface area contributed by atoms with E-state index < -0.39 is 5.97 Å². The van der Waals surface area contributed by atoms with Crippen molar-refractivity contribution in [1.29, 1.82) is 0 Å². The summed E-state index contributed by atoms with van der Waals surface area (Å²) in [6.45, 7) is 6.50. The Hall–Kier alpha value is -2.88. The van der Waals surface area contributed by atoms with Crippen LogP contribution < -0.4 is 10.5 Å². The van der Waals surface area contributed by atoms with Crippen LogP contribution in [-0.2, 0) is 4.79 Å². The number of rotatable bonds is 5. The fraction of sp³-hybridized carbons (Fsp3) is 0.273. The molecule has 0 aliphatic carbocycles. The summed E-state index contributed by atoms with van der Waals surface area (Å²) < 4.78 is 6.08. The molecule has 1 aromatic heterocycles. The van der Waals surface area contributed by atoms with E-state index in [2.05, 4.69) is 31.0 Å². The Kier molecular flexibility index (Phi) is 5.21. The molecule has 0 unspecified atom stereocenters. The van der Waals surface area contributed by atoms with Gasteiger partial charge in [-0.15, -0.1) is 0 Å². The molecule has 1 heterocycles. The van der Waals surface area contributed by atoms with E-state index in [1.807, 2.05) is 43.3 Å². The summed E-state index contributed by atoms with van der Waals surface area (Å²) in [6.07, 6.45) is -0.0994. The second-order valence-electron chi connectivity index (χ2n) is 6.78. The highest BCUT2D eigenvalue weighted by molar-refractivity contribution is 5.79. The first-order valence-corrected chi connectivity index (χ1v) is 8.79. The summed E-state index contributed by atoms with van der Waals surface area (Å²) in [7, 11) is 0. The van der Waals surface area contributed by atoms with Crippen molar-refractivity contribution in [3.8, 4) is 11.3 Å². The quantitative estimate of drug-likeness (QED) is 0.708. The number of fused-ring (bicyclic) bond motifs is 1. The van der Waals surface area contributed by atoms with Crippen LogP contribution in [-0.4, -0.2) is 12.5 Å². The van der Waals surface area contributed by atoms with Crippen LogP contribution in [0.2, 0.25) is 0 Å². The average molecular weight is 348 g/mol. The molecule has 0 saturated carbocycles. The number of aryl methyl sites for hydroxylation is 1. The zero-order valence-corrected chi connectivity index (χ0v) is 15.3. The van der Waals surface area contributed by atoms with Crippen LogP contribution in [0.25, 0.3) is 22.3 Å². The highest BCUT2D eigenvalue weighted by atomic mass is 16.4. The van der Waals surface area contributed by atoms with E-state index in [-0.39, 0.29) is 13.0 Å². The molecular formula is C22H22NO3-. The molecule has 2 aromatic carbocycles. The minimum atomic E-state index is -1.10. The second-order valence-corrected chi connectivity index (χ2v) is 6.78. The minimum absolute atomic E-state index is 0.0994. The molecule has 0 radical (unpaired) electrons. The lowest BCUT2D eigenvalue weighted by Gasteiger charge is -2.08. The predicted octanol–water partition coefficient (Wildman–Crippen LogP) is 3.57. The SMILES string of the molecule is Cc1ccc2oc(-c3ccc(C(C)C)cc3)cc(=NCCC(=O)[O-])c2c1. The molecule has 0 fully saturated rings. The molecule has 0 aliphatic heterocycles. The van der Waals surface area contributed by atoms with Crippen molar-refractivity contribution < 1.29 is 14.3 Å². The van der Waals surface area contributed by atoms with Crippen LogP contribution in [0.5, 0.6) is 0 Å². The highest BCUT2D eigenvalue weighted by Crippen LogP contribution is 2.25. The number of carboxylic acids is 1. The maximum atomic E-state index is 10.7. The number of benzene rings is 2. The van der Waals surface area contributed by atoms with E-state index >= 15 is 0 Å². The first-order valence-electron chi connectivity index (χ1n) is 8.79.